The van der Waals surface area contributed by atoms with Gasteiger partial charge in [0.1, 0.15) is 11.8 Å². The predicted molar refractivity (Wildman–Crippen MR) is 90.1 cm³/mol. The molecule has 0 saturated heterocycles. The number of phenols is 1. The van der Waals surface area contributed by atoms with Crippen molar-refractivity contribution in [3.63, 3.8) is 0 Å². The number of nitrogens with two attached hydrogens (primary N) is 3. The molecule has 0 unspecified atom stereocenters. The lowest BCUT2D eigenvalue weighted by Crippen LogP contribution is -2.51. The summed E-state index contributed by atoms with van der Waals surface area (Å²) >= 11 is 0. The molecular weight excluding hydrogens is 312 g/mol. The van der Waals surface area contributed by atoms with Crippen molar-refractivity contribution in [2.75, 3.05) is 6.54 Å². The third-order valence-electron chi connectivity index (χ3n) is 3.38. The Kier molecular flexibility index (Phi) is 7.50. The third kappa shape index (κ3) is 6.97. The van der Waals surface area contributed by atoms with Gasteiger partial charge in [-0.15, -0.1) is 0 Å². The van der Waals surface area contributed by atoms with Crippen LogP contribution in [0.3, 0.4) is 0 Å². The van der Waals surface area contributed by atoms with Gasteiger partial charge in [-0.3, -0.25) is 15.0 Å². The van der Waals surface area contributed by atoms with Crippen molar-refractivity contribution < 1.29 is 14.7 Å². The number of hydrogen-bond acceptors (Lipinski definition) is 5. The molecule has 0 bridgehead atoms. The van der Waals surface area contributed by atoms with Crippen LogP contribution in [0.15, 0.2) is 24.3 Å². The average Bonchev–Trinajstić information content (AvgIpc) is 2.52. The number of amides is 2. The topological polar surface area (TPSA) is 180 Å². The maximum atomic E-state index is 12.1. The van der Waals surface area contributed by atoms with E-state index in [-0.39, 0.29) is 18.1 Å². The number of benzene rings is 1. The summed E-state index contributed by atoms with van der Waals surface area (Å²) < 4.78 is 0. The smallest absolute Gasteiger partial charge is 0.240 e. The molecule has 0 fully saturated rings. The van der Waals surface area contributed by atoms with Crippen molar-refractivity contribution >= 4 is 17.8 Å². The molecule has 0 heterocycles. The second kappa shape index (κ2) is 9.36. The molecule has 2 amide bonds. The van der Waals surface area contributed by atoms with E-state index in [0.29, 0.717) is 19.4 Å². The van der Waals surface area contributed by atoms with Gasteiger partial charge in [0, 0.05) is 13.0 Å². The summed E-state index contributed by atoms with van der Waals surface area (Å²) in [7, 11) is 0. The minimum atomic E-state index is -0.886. The number of rotatable bonds is 9. The van der Waals surface area contributed by atoms with Gasteiger partial charge in [-0.25, -0.2) is 0 Å². The highest BCUT2D eigenvalue weighted by Gasteiger charge is 2.22. The normalized spacial score (nSPS) is 12.9. The van der Waals surface area contributed by atoms with Crippen LogP contribution in [-0.2, 0) is 16.0 Å². The van der Waals surface area contributed by atoms with Gasteiger partial charge in [0.05, 0.1) is 6.04 Å². The lowest BCUT2D eigenvalue weighted by Gasteiger charge is -2.19. The average molecular weight is 336 g/mol. The van der Waals surface area contributed by atoms with Crippen molar-refractivity contribution in [3.8, 4) is 5.75 Å². The lowest BCUT2D eigenvalue weighted by atomic mass is 10.0. The van der Waals surface area contributed by atoms with Gasteiger partial charge in [0.15, 0.2) is 5.96 Å². The second-order valence-electron chi connectivity index (χ2n) is 5.42. The number of aromatic hydroxyl groups is 1. The zero-order chi connectivity index (χ0) is 18.1. The van der Waals surface area contributed by atoms with E-state index < -0.39 is 23.9 Å². The number of carbonyl (C=O) groups is 2. The van der Waals surface area contributed by atoms with Crippen molar-refractivity contribution in [1.82, 2.24) is 10.6 Å². The van der Waals surface area contributed by atoms with E-state index in [2.05, 4.69) is 10.6 Å². The van der Waals surface area contributed by atoms with E-state index in [0.717, 1.165) is 5.56 Å². The largest absolute Gasteiger partial charge is 0.508 e. The number of carbonyl (C=O) groups excluding carboxylic acids is 2. The summed E-state index contributed by atoms with van der Waals surface area (Å²) in [6.07, 6.45) is 1.13. The second-order valence-corrected chi connectivity index (χ2v) is 5.42. The minimum absolute atomic E-state index is 0.111. The molecule has 0 aliphatic heterocycles. The predicted octanol–water partition coefficient (Wildman–Crippen LogP) is -1.50. The van der Waals surface area contributed by atoms with Gasteiger partial charge < -0.3 is 32.9 Å². The standard InChI is InChI=1S/C15H24N6O3/c16-11(2-1-7-20-15(18)19)14(24)21-12(13(17)23)8-9-3-5-10(22)6-4-9/h3-6,11-12,22H,1-2,7-8,16H2,(H2,17,23)(H,21,24)(H4,18,19,20)/t11-,12-/m1/s1. The molecule has 0 spiro atoms. The van der Waals surface area contributed by atoms with Crippen LogP contribution in [0, 0.1) is 5.41 Å². The quantitative estimate of drug-likeness (QED) is 0.163. The Morgan fingerprint density at radius 2 is 1.83 bits per heavy atom. The highest BCUT2D eigenvalue weighted by atomic mass is 16.3. The first-order valence-electron chi connectivity index (χ1n) is 7.50. The van der Waals surface area contributed by atoms with Gasteiger partial charge in [-0.05, 0) is 30.5 Å². The molecule has 9 heteroatoms. The van der Waals surface area contributed by atoms with Crippen LogP contribution < -0.4 is 27.8 Å². The molecule has 24 heavy (non-hydrogen) atoms. The van der Waals surface area contributed by atoms with Gasteiger partial charge in [0.2, 0.25) is 11.8 Å². The van der Waals surface area contributed by atoms with Crippen molar-refractivity contribution in [3.05, 3.63) is 29.8 Å². The van der Waals surface area contributed by atoms with E-state index in [1.165, 1.54) is 12.1 Å². The zero-order valence-electron chi connectivity index (χ0n) is 13.3. The maximum absolute atomic E-state index is 12.1. The van der Waals surface area contributed by atoms with E-state index in [1.54, 1.807) is 12.1 Å². The Balaban J connectivity index is 2.51. The highest BCUT2D eigenvalue weighted by molar-refractivity contribution is 5.89. The minimum Gasteiger partial charge on any atom is -0.508 e. The summed E-state index contributed by atoms with van der Waals surface area (Å²) in [6.45, 7) is 0.434. The summed E-state index contributed by atoms with van der Waals surface area (Å²) in [4.78, 5) is 23.6. The van der Waals surface area contributed by atoms with Gasteiger partial charge in [0.25, 0.3) is 0 Å². The van der Waals surface area contributed by atoms with Crippen LogP contribution in [0.25, 0.3) is 0 Å². The molecule has 0 radical (unpaired) electrons. The Bertz CT molecular complexity index is 575. The van der Waals surface area contributed by atoms with E-state index >= 15 is 0 Å². The molecule has 0 aromatic heterocycles. The molecular formula is C15H24N6O3. The summed E-state index contributed by atoms with van der Waals surface area (Å²) in [6, 6.07) is 4.59. The maximum Gasteiger partial charge on any atom is 0.240 e. The van der Waals surface area contributed by atoms with Gasteiger partial charge >= 0.3 is 0 Å². The molecule has 132 valence electrons. The number of hydrogen-bond donors (Lipinski definition) is 7. The zero-order valence-corrected chi connectivity index (χ0v) is 13.3. The first-order valence-corrected chi connectivity index (χ1v) is 7.50. The molecule has 9 nitrogen and oxygen atoms in total. The van der Waals surface area contributed by atoms with Crippen molar-refractivity contribution in [2.24, 2.45) is 17.2 Å². The molecule has 0 aliphatic carbocycles. The van der Waals surface area contributed by atoms with Crippen molar-refractivity contribution in [1.29, 1.82) is 5.41 Å². The monoisotopic (exact) mass is 336 g/mol. The Hall–Kier alpha value is -2.81. The van der Waals surface area contributed by atoms with Gasteiger partial charge in [-0.1, -0.05) is 12.1 Å². The number of nitrogens with one attached hydrogen (secondary N) is 3. The summed E-state index contributed by atoms with van der Waals surface area (Å²) in [5.74, 6) is -1.17. The Labute approximate surface area is 140 Å². The van der Waals surface area contributed by atoms with Crippen LogP contribution >= 0.6 is 0 Å². The highest BCUT2D eigenvalue weighted by Crippen LogP contribution is 2.11. The molecule has 1 rings (SSSR count). The molecule has 0 saturated carbocycles. The number of primary amides is 1. The molecule has 0 aliphatic rings. The Morgan fingerprint density at radius 3 is 2.38 bits per heavy atom. The molecule has 2 atom stereocenters. The summed E-state index contributed by atoms with van der Waals surface area (Å²) in [5.41, 5.74) is 17.0. The van der Waals surface area contributed by atoms with E-state index in [1.807, 2.05) is 0 Å². The van der Waals surface area contributed by atoms with Gasteiger partial charge in [-0.2, -0.15) is 0 Å². The Morgan fingerprint density at radius 1 is 1.21 bits per heavy atom. The van der Waals surface area contributed by atoms with Crippen LogP contribution in [0.2, 0.25) is 0 Å². The first kappa shape index (κ1) is 19.2. The fourth-order valence-corrected chi connectivity index (χ4v) is 2.05. The molecule has 1 aromatic rings. The van der Waals surface area contributed by atoms with Crippen LogP contribution in [-0.4, -0.2) is 41.5 Å². The fraction of sp³-hybridized carbons (Fsp3) is 0.400. The third-order valence-corrected chi connectivity index (χ3v) is 3.38. The lowest BCUT2D eigenvalue weighted by molar-refractivity contribution is -0.128. The SMILES string of the molecule is N=C(N)NCCC[C@@H](N)C(=O)N[C@H](Cc1ccc(O)cc1)C(N)=O. The first-order chi connectivity index (χ1) is 11.3. The van der Waals surface area contributed by atoms with Crippen molar-refractivity contribution in [2.45, 2.75) is 31.3 Å². The number of guanidine groups is 1. The van der Waals surface area contributed by atoms with Crippen LogP contribution in [0.1, 0.15) is 18.4 Å². The fourth-order valence-electron chi connectivity index (χ4n) is 2.05. The van der Waals surface area contributed by atoms with Crippen LogP contribution in [0.5, 0.6) is 5.75 Å². The number of phenolic OH excluding ortho intramolecular Hbond substituents is 1. The van der Waals surface area contributed by atoms with E-state index in [9.17, 15) is 14.7 Å². The summed E-state index contributed by atoms with van der Waals surface area (Å²) in [5, 5.41) is 21.4. The van der Waals surface area contributed by atoms with E-state index in [4.69, 9.17) is 22.6 Å². The van der Waals surface area contributed by atoms with Crippen LogP contribution in [0.4, 0.5) is 0 Å². The molecule has 1 aromatic carbocycles. The molecule has 10 N–H and O–H groups in total.